The quantitative estimate of drug-likeness (QED) is 0.744. The first-order valence-electron chi connectivity index (χ1n) is 5.47. The lowest BCUT2D eigenvalue weighted by molar-refractivity contribution is 0.116. The van der Waals surface area contributed by atoms with Crippen molar-refractivity contribution < 1.29 is 9.53 Å². The number of ether oxygens (including phenoxy) is 1. The second-order valence-electron chi connectivity index (χ2n) is 4.06. The molecule has 1 aromatic carbocycles. The summed E-state index contributed by atoms with van der Waals surface area (Å²) in [6.07, 6.45) is -0.403. The zero-order valence-corrected chi connectivity index (χ0v) is 11.6. The van der Waals surface area contributed by atoms with Crippen LogP contribution in [0, 0.1) is 0 Å². The van der Waals surface area contributed by atoms with Crippen LogP contribution in [0.3, 0.4) is 0 Å². The first-order valence-corrected chi connectivity index (χ1v) is 6.25. The van der Waals surface area contributed by atoms with Gasteiger partial charge < -0.3 is 10.1 Å². The van der Waals surface area contributed by atoms with E-state index >= 15 is 0 Å². The molecule has 1 amide bonds. The van der Waals surface area contributed by atoms with Gasteiger partial charge in [0.25, 0.3) is 0 Å². The highest BCUT2D eigenvalue weighted by molar-refractivity contribution is 7.80. The Morgan fingerprint density at radius 2 is 2.33 bits per heavy atom. The lowest BCUT2D eigenvalue weighted by Gasteiger charge is -2.25. The van der Waals surface area contributed by atoms with Crippen LogP contribution in [0.15, 0.2) is 18.2 Å². The molecule has 1 aliphatic rings. The molecule has 1 heterocycles. The Morgan fingerprint density at radius 3 is 3.00 bits per heavy atom. The Morgan fingerprint density at radius 1 is 1.61 bits per heavy atom. The van der Waals surface area contributed by atoms with Gasteiger partial charge in [-0.1, -0.05) is 23.8 Å². The molecule has 0 saturated carbocycles. The number of thiocarbonyl (C=S) groups is 1. The molecule has 1 aromatic rings. The summed E-state index contributed by atoms with van der Waals surface area (Å²) in [5, 5.41) is 3.76. The van der Waals surface area contributed by atoms with Gasteiger partial charge in [0.05, 0.1) is 19.7 Å². The summed E-state index contributed by atoms with van der Waals surface area (Å²) < 4.78 is 4.78. The first kappa shape index (κ1) is 13.1. The molecule has 0 bridgehead atoms. The van der Waals surface area contributed by atoms with Gasteiger partial charge in [-0.2, -0.15) is 0 Å². The number of amides is 1. The number of hydrogen-bond acceptors (Lipinski definition) is 3. The van der Waals surface area contributed by atoms with Gasteiger partial charge in [0, 0.05) is 10.7 Å². The summed E-state index contributed by atoms with van der Waals surface area (Å²) in [4.78, 5) is 13.9. The molecule has 0 aromatic heterocycles. The number of nitrogens with zero attached hydrogens (tertiary/aromatic N) is 1. The Bertz CT molecular complexity index is 507. The minimum absolute atomic E-state index is 0.223. The fourth-order valence-corrected chi connectivity index (χ4v) is 2.29. The number of anilines is 1. The van der Waals surface area contributed by atoms with E-state index < -0.39 is 6.09 Å². The molecule has 0 saturated heterocycles. The van der Waals surface area contributed by atoms with E-state index in [4.69, 9.17) is 28.6 Å². The van der Waals surface area contributed by atoms with Crippen molar-refractivity contribution in [3.63, 3.8) is 0 Å². The zero-order chi connectivity index (χ0) is 13.3. The van der Waals surface area contributed by atoms with Crippen molar-refractivity contribution in [1.82, 2.24) is 4.90 Å². The van der Waals surface area contributed by atoms with E-state index in [0.29, 0.717) is 16.6 Å². The predicted octanol–water partition coefficient (Wildman–Crippen LogP) is 3.05. The van der Waals surface area contributed by atoms with Gasteiger partial charge in [-0.25, -0.2) is 4.79 Å². The zero-order valence-electron chi connectivity index (χ0n) is 10.1. The summed E-state index contributed by atoms with van der Waals surface area (Å²) in [5.74, 6) is 0. The monoisotopic (exact) mass is 284 g/mol. The van der Waals surface area contributed by atoms with Crippen molar-refractivity contribution in [2.45, 2.75) is 19.5 Å². The van der Waals surface area contributed by atoms with Gasteiger partial charge in [-0.05, 0) is 30.7 Å². The number of rotatable bonds is 0. The van der Waals surface area contributed by atoms with Crippen LogP contribution in [-0.2, 0) is 11.3 Å². The number of hydrogen-bond donors (Lipinski definition) is 1. The molecule has 2 rings (SSSR count). The van der Waals surface area contributed by atoms with Crippen molar-refractivity contribution in [2.75, 3.05) is 12.4 Å². The summed E-state index contributed by atoms with van der Waals surface area (Å²) in [5.41, 5.74) is 1.79. The average molecular weight is 285 g/mol. The molecular formula is C12H13ClN2O2S. The summed E-state index contributed by atoms with van der Waals surface area (Å²) in [6, 6.07) is 5.24. The van der Waals surface area contributed by atoms with E-state index in [-0.39, 0.29) is 6.04 Å². The number of carbonyl (C=O) groups is 1. The standard InChI is InChI=1S/C12H13ClN2O2S/c1-7-11(18)14-10-4-3-9(13)5-8(10)6-15(7)12(16)17-2/h3-5,7H,6H2,1-2H3,(H,14,18). The van der Waals surface area contributed by atoms with E-state index in [1.165, 1.54) is 7.11 Å². The summed E-state index contributed by atoms with van der Waals surface area (Å²) in [7, 11) is 1.36. The fourth-order valence-electron chi connectivity index (χ4n) is 1.85. The van der Waals surface area contributed by atoms with Crippen molar-refractivity contribution in [2.24, 2.45) is 0 Å². The largest absolute Gasteiger partial charge is 0.453 e. The number of halogens is 1. The third-order valence-electron chi connectivity index (χ3n) is 2.92. The maximum absolute atomic E-state index is 11.8. The lowest BCUT2D eigenvalue weighted by Crippen LogP contribution is -2.42. The average Bonchev–Trinajstić information content (AvgIpc) is 2.47. The van der Waals surface area contributed by atoms with Crippen LogP contribution in [0.5, 0.6) is 0 Å². The SMILES string of the molecule is COC(=O)N1Cc2cc(Cl)ccc2NC(=S)C1C. The van der Waals surface area contributed by atoms with Crippen LogP contribution >= 0.6 is 23.8 Å². The molecule has 1 N–H and O–H groups in total. The fraction of sp³-hybridized carbons (Fsp3) is 0.333. The Hall–Kier alpha value is -1.33. The number of nitrogens with one attached hydrogen (secondary N) is 1. The molecule has 6 heteroatoms. The molecule has 1 atom stereocenters. The third-order valence-corrected chi connectivity index (χ3v) is 3.60. The molecule has 0 radical (unpaired) electrons. The Kier molecular flexibility index (Phi) is 3.73. The maximum atomic E-state index is 11.8. The smallest absolute Gasteiger partial charge is 0.410 e. The van der Waals surface area contributed by atoms with Crippen LogP contribution in [-0.4, -0.2) is 29.1 Å². The molecule has 0 aliphatic carbocycles. The van der Waals surface area contributed by atoms with E-state index in [1.54, 1.807) is 11.0 Å². The van der Waals surface area contributed by atoms with Crippen LogP contribution in [0.2, 0.25) is 5.02 Å². The number of benzene rings is 1. The maximum Gasteiger partial charge on any atom is 0.410 e. The predicted molar refractivity (Wildman–Crippen MR) is 75.1 cm³/mol. The van der Waals surface area contributed by atoms with Crippen LogP contribution < -0.4 is 5.32 Å². The minimum Gasteiger partial charge on any atom is -0.453 e. The van der Waals surface area contributed by atoms with Crippen LogP contribution in [0.4, 0.5) is 10.5 Å². The van der Waals surface area contributed by atoms with Gasteiger partial charge in [0.2, 0.25) is 0 Å². The topological polar surface area (TPSA) is 41.6 Å². The van der Waals surface area contributed by atoms with Gasteiger partial charge in [-0.3, -0.25) is 4.90 Å². The van der Waals surface area contributed by atoms with Crippen molar-refractivity contribution in [3.8, 4) is 0 Å². The van der Waals surface area contributed by atoms with Gasteiger partial charge in [0.15, 0.2) is 0 Å². The second-order valence-corrected chi connectivity index (χ2v) is 4.94. The summed E-state index contributed by atoms with van der Waals surface area (Å²) >= 11 is 11.2. The highest BCUT2D eigenvalue weighted by Crippen LogP contribution is 2.26. The van der Waals surface area contributed by atoms with Gasteiger partial charge in [0.1, 0.15) is 4.99 Å². The van der Waals surface area contributed by atoms with Crippen LogP contribution in [0.25, 0.3) is 0 Å². The lowest BCUT2D eigenvalue weighted by atomic mass is 10.1. The minimum atomic E-state index is -0.403. The van der Waals surface area contributed by atoms with E-state index in [9.17, 15) is 4.79 Å². The van der Waals surface area contributed by atoms with E-state index in [0.717, 1.165) is 11.3 Å². The molecule has 0 spiro atoms. The van der Waals surface area contributed by atoms with Gasteiger partial charge in [-0.15, -0.1) is 0 Å². The van der Waals surface area contributed by atoms with Crippen molar-refractivity contribution in [1.29, 1.82) is 0 Å². The van der Waals surface area contributed by atoms with Crippen LogP contribution in [0.1, 0.15) is 12.5 Å². The second kappa shape index (κ2) is 5.12. The number of fused-ring (bicyclic) bond motifs is 1. The van der Waals surface area contributed by atoms with Crippen molar-refractivity contribution in [3.05, 3.63) is 28.8 Å². The van der Waals surface area contributed by atoms with E-state index in [2.05, 4.69) is 5.32 Å². The molecule has 4 nitrogen and oxygen atoms in total. The first-order chi connectivity index (χ1) is 8.52. The molecular weight excluding hydrogens is 272 g/mol. The highest BCUT2D eigenvalue weighted by Gasteiger charge is 2.28. The normalized spacial score (nSPS) is 18.7. The molecule has 1 unspecified atom stereocenters. The Labute approximate surface area is 116 Å². The molecule has 1 aliphatic heterocycles. The summed E-state index contributed by atoms with van der Waals surface area (Å²) in [6.45, 7) is 2.27. The molecule has 0 fully saturated rings. The number of carbonyl (C=O) groups excluding carboxylic acids is 1. The molecule has 96 valence electrons. The van der Waals surface area contributed by atoms with Gasteiger partial charge >= 0.3 is 6.09 Å². The van der Waals surface area contributed by atoms with E-state index in [1.807, 2.05) is 19.1 Å². The molecule has 18 heavy (non-hydrogen) atoms. The third kappa shape index (κ3) is 2.42. The van der Waals surface area contributed by atoms with Crippen molar-refractivity contribution >= 4 is 40.6 Å². The highest BCUT2D eigenvalue weighted by atomic mass is 35.5. The number of methoxy groups -OCH3 is 1. The Balaban J connectivity index is 2.42.